The molecule has 0 aromatic heterocycles. The van der Waals surface area contributed by atoms with Crippen LogP contribution in [-0.2, 0) is 4.79 Å². The van der Waals surface area contributed by atoms with Gasteiger partial charge in [0.25, 0.3) is 0 Å². The third-order valence-corrected chi connectivity index (χ3v) is 4.36. The fourth-order valence-electron chi connectivity index (χ4n) is 3.02. The van der Waals surface area contributed by atoms with E-state index in [1.54, 1.807) is 0 Å². The predicted octanol–water partition coefficient (Wildman–Crippen LogP) is 2.16. The van der Waals surface area contributed by atoms with Crippen molar-refractivity contribution < 1.29 is 4.79 Å². The van der Waals surface area contributed by atoms with Crippen molar-refractivity contribution in [1.82, 2.24) is 10.2 Å². The van der Waals surface area contributed by atoms with Gasteiger partial charge >= 0.3 is 0 Å². The van der Waals surface area contributed by atoms with Gasteiger partial charge in [0.15, 0.2) is 5.96 Å². The van der Waals surface area contributed by atoms with Crippen LogP contribution in [0.4, 0.5) is 0 Å². The minimum absolute atomic E-state index is 0.0796. The van der Waals surface area contributed by atoms with Gasteiger partial charge in [-0.3, -0.25) is 9.79 Å². The summed E-state index contributed by atoms with van der Waals surface area (Å²) in [7, 11) is 1.87. The third kappa shape index (κ3) is 4.71. The summed E-state index contributed by atoms with van der Waals surface area (Å²) in [5, 5.41) is 3.14. The smallest absolute Gasteiger partial charge is 0.223 e. The van der Waals surface area contributed by atoms with Gasteiger partial charge in [0.05, 0.1) is 6.04 Å². The summed E-state index contributed by atoms with van der Waals surface area (Å²) in [6.07, 6.45) is 1.59. The van der Waals surface area contributed by atoms with Crippen molar-refractivity contribution in [3.8, 4) is 0 Å². The van der Waals surface area contributed by atoms with E-state index in [1.807, 2.05) is 30.1 Å². The summed E-state index contributed by atoms with van der Waals surface area (Å²) in [5.74, 6) is 1.45. The Labute approximate surface area is 139 Å². The number of rotatable bonds is 6. The number of carbonyl (C=O) groups excluding carboxylic acids is 1. The molecule has 1 aliphatic rings. The standard InChI is InChI=1S/C18H28N4O/c1-13(2)9-10-20-18(19)21-12-15-11-16(23)22(3)17(15)14-7-5-4-6-8-14/h4-8,13,15,17H,9-12H2,1-3H3,(H3,19,20,21). The average Bonchev–Trinajstić information content (AvgIpc) is 2.80. The number of likely N-dealkylation sites (tertiary alicyclic amines) is 1. The molecule has 1 aromatic rings. The second-order valence-corrected chi connectivity index (χ2v) is 6.66. The zero-order valence-corrected chi connectivity index (χ0v) is 14.3. The lowest BCUT2D eigenvalue weighted by Crippen LogP contribution is -2.33. The highest BCUT2D eigenvalue weighted by molar-refractivity contribution is 5.80. The Hall–Kier alpha value is -2.04. The first-order valence-electron chi connectivity index (χ1n) is 8.33. The summed E-state index contributed by atoms with van der Waals surface area (Å²) in [5.41, 5.74) is 7.09. The Morgan fingerprint density at radius 2 is 2.09 bits per heavy atom. The van der Waals surface area contributed by atoms with Crippen molar-refractivity contribution in [2.24, 2.45) is 22.6 Å². The first-order valence-corrected chi connectivity index (χ1v) is 8.33. The molecule has 1 aliphatic heterocycles. The molecule has 0 radical (unpaired) electrons. The Morgan fingerprint density at radius 3 is 2.74 bits per heavy atom. The van der Waals surface area contributed by atoms with Crippen molar-refractivity contribution in [1.29, 1.82) is 0 Å². The van der Waals surface area contributed by atoms with Crippen molar-refractivity contribution in [3.05, 3.63) is 35.9 Å². The van der Waals surface area contributed by atoms with Gasteiger partial charge in [-0.25, -0.2) is 0 Å². The van der Waals surface area contributed by atoms with Crippen LogP contribution >= 0.6 is 0 Å². The number of amides is 1. The Balaban J connectivity index is 1.98. The number of carbonyl (C=O) groups is 1. The zero-order valence-electron chi connectivity index (χ0n) is 14.3. The highest BCUT2D eigenvalue weighted by Gasteiger charge is 2.38. The first-order chi connectivity index (χ1) is 11.0. The maximum atomic E-state index is 12.1. The first kappa shape index (κ1) is 17.3. The van der Waals surface area contributed by atoms with Crippen LogP contribution in [0, 0.1) is 11.8 Å². The van der Waals surface area contributed by atoms with E-state index in [0.29, 0.717) is 24.8 Å². The predicted molar refractivity (Wildman–Crippen MR) is 94.0 cm³/mol. The zero-order chi connectivity index (χ0) is 16.8. The van der Waals surface area contributed by atoms with E-state index in [1.165, 1.54) is 0 Å². The molecule has 2 atom stereocenters. The molecule has 1 heterocycles. The second kappa shape index (κ2) is 7.99. The van der Waals surface area contributed by atoms with Crippen molar-refractivity contribution in [3.63, 3.8) is 0 Å². The fourth-order valence-corrected chi connectivity index (χ4v) is 3.02. The van der Waals surface area contributed by atoms with Crippen molar-refractivity contribution >= 4 is 11.9 Å². The minimum Gasteiger partial charge on any atom is -0.370 e. The fraction of sp³-hybridized carbons (Fsp3) is 0.556. The molecule has 2 unspecified atom stereocenters. The molecule has 1 amide bonds. The molecule has 0 aliphatic carbocycles. The van der Waals surface area contributed by atoms with Crippen LogP contribution in [0.2, 0.25) is 0 Å². The Bertz CT molecular complexity index is 541. The number of hydrogen-bond acceptors (Lipinski definition) is 2. The molecule has 2 rings (SSSR count). The Morgan fingerprint density at radius 1 is 1.39 bits per heavy atom. The van der Waals surface area contributed by atoms with Crippen LogP contribution in [0.25, 0.3) is 0 Å². The topological polar surface area (TPSA) is 70.7 Å². The molecule has 5 heteroatoms. The van der Waals surface area contributed by atoms with Crippen LogP contribution in [0.1, 0.15) is 38.3 Å². The summed E-state index contributed by atoms with van der Waals surface area (Å²) < 4.78 is 0. The van der Waals surface area contributed by atoms with E-state index in [4.69, 9.17) is 5.73 Å². The van der Waals surface area contributed by atoms with Gasteiger partial charge in [-0.1, -0.05) is 44.2 Å². The van der Waals surface area contributed by atoms with Crippen molar-refractivity contribution in [2.45, 2.75) is 32.7 Å². The van der Waals surface area contributed by atoms with E-state index in [0.717, 1.165) is 18.5 Å². The molecule has 23 heavy (non-hydrogen) atoms. The van der Waals surface area contributed by atoms with Crippen LogP contribution < -0.4 is 11.1 Å². The summed E-state index contributed by atoms with van der Waals surface area (Å²) in [4.78, 5) is 18.4. The second-order valence-electron chi connectivity index (χ2n) is 6.66. The third-order valence-electron chi connectivity index (χ3n) is 4.36. The molecule has 0 spiro atoms. The summed E-state index contributed by atoms with van der Waals surface area (Å²) in [6.45, 7) is 5.76. The van der Waals surface area contributed by atoms with Gasteiger partial charge in [0.2, 0.25) is 5.91 Å². The number of hydrogen-bond donors (Lipinski definition) is 2. The number of guanidine groups is 1. The number of nitrogens with zero attached hydrogens (tertiary/aromatic N) is 2. The number of nitrogens with two attached hydrogens (primary N) is 1. The summed E-state index contributed by atoms with van der Waals surface area (Å²) in [6, 6.07) is 10.2. The molecule has 1 saturated heterocycles. The molecular weight excluding hydrogens is 288 g/mol. The van der Waals surface area contributed by atoms with Crippen molar-refractivity contribution in [2.75, 3.05) is 20.1 Å². The molecule has 3 N–H and O–H groups in total. The lowest BCUT2D eigenvalue weighted by Gasteiger charge is -2.24. The van der Waals surface area contributed by atoms with Gasteiger partial charge in [0.1, 0.15) is 0 Å². The largest absolute Gasteiger partial charge is 0.370 e. The molecule has 1 fully saturated rings. The maximum Gasteiger partial charge on any atom is 0.223 e. The number of nitrogens with one attached hydrogen (secondary N) is 1. The van der Waals surface area contributed by atoms with Crippen LogP contribution in [0.5, 0.6) is 0 Å². The minimum atomic E-state index is 0.0796. The molecule has 0 bridgehead atoms. The van der Waals surface area contributed by atoms with E-state index < -0.39 is 0 Å². The van der Waals surface area contributed by atoms with E-state index in [2.05, 4.69) is 36.3 Å². The normalized spacial score (nSPS) is 22.0. The highest BCUT2D eigenvalue weighted by atomic mass is 16.2. The number of aliphatic imine (C=N–C) groups is 1. The lowest BCUT2D eigenvalue weighted by molar-refractivity contribution is -0.127. The van der Waals surface area contributed by atoms with Crippen LogP contribution in [0.15, 0.2) is 35.3 Å². The average molecular weight is 316 g/mol. The SMILES string of the molecule is CC(C)CCNC(N)=NCC1CC(=O)N(C)C1c1ccccc1. The van der Waals surface area contributed by atoms with Gasteiger partial charge in [-0.15, -0.1) is 0 Å². The van der Waals surface area contributed by atoms with Gasteiger partial charge in [0, 0.05) is 32.5 Å². The molecule has 1 aromatic carbocycles. The molecule has 5 nitrogen and oxygen atoms in total. The summed E-state index contributed by atoms with van der Waals surface area (Å²) >= 11 is 0. The van der Waals surface area contributed by atoms with Gasteiger partial charge < -0.3 is 16.0 Å². The number of benzene rings is 1. The van der Waals surface area contributed by atoms with E-state index >= 15 is 0 Å². The van der Waals surface area contributed by atoms with Gasteiger partial charge in [-0.05, 0) is 17.9 Å². The van der Waals surface area contributed by atoms with Gasteiger partial charge in [-0.2, -0.15) is 0 Å². The molecule has 126 valence electrons. The van der Waals surface area contributed by atoms with E-state index in [9.17, 15) is 4.79 Å². The quantitative estimate of drug-likeness (QED) is 0.624. The lowest BCUT2D eigenvalue weighted by atomic mass is 9.94. The maximum absolute atomic E-state index is 12.1. The highest BCUT2D eigenvalue weighted by Crippen LogP contribution is 2.36. The Kier molecular flexibility index (Phi) is 6.02. The molecule has 0 saturated carbocycles. The van der Waals surface area contributed by atoms with Crippen LogP contribution in [-0.4, -0.2) is 36.9 Å². The van der Waals surface area contributed by atoms with Crippen LogP contribution in [0.3, 0.4) is 0 Å². The van der Waals surface area contributed by atoms with E-state index in [-0.39, 0.29) is 17.9 Å². The monoisotopic (exact) mass is 316 g/mol. The molecular formula is C18H28N4O.